The van der Waals surface area contributed by atoms with Gasteiger partial charge in [-0.05, 0) is 43.0 Å². The van der Waals surface area contributed by atoms with Crippen molar-refractivity contribution < 1.29 is 9.18 Å². The average molecular weight is 354 g/mol. The quantitative estimate of drug-likeness (QED) is 0.904. The molecular formula is C18H25ClFN3O. The third kappa shape index (κ3) is 3.90. The van der Waals surface area contributed by atoms with E-state index in [2.05, 4.69) is 4.90 Å². The monoisotopic (exact) mass is 353 g/mol. The summed E-state index contributed by atoms with van der Waals surface area (Å²) < 4.78 is 13.1. The number of nitrogens with two attached hydrogens (primary N) is 1. The maximum absolute atomic E-state index is 13.1. The smallest absolute Gasteiger partial charge is 0.226 e. The lowest BCUT2D eigenvalue weighted by Gasteiger charge is -2.36. The first-order valence-corrected chi connectivity index (χ1v) is 9.11. The van der Waals surface area contributed by atoms with E-state index in [0.29, 0.717) is 24.0 Å². The van der Waals surface area contributed by atoms with Crippen molar-refractivity contribution >= 4 is 17.5 Å². The average Bonchev–Trinajstić information content (AvgIpc) is 3.06. The minimum absolute atomic E-state index is 0.119. The molecule has 6 heteroatoms. The molecule has 1 heterocycles. The van der Waals surface area contributed by atoms with Crippen molar-refractivity contribution in [1.82, 2.24) is 9.80 Å². The van der Waals surface area contributed by atoms with Crippen molar-refractivity contribution in [2.75, 3.05) is 32.7 Å². The fraction of sp³-hybridized carbons (Fsp3) is 0.611. The maximum Gasteiger partial charge on any atom is 0.226 e. The number of rotatable bonds is 4. The van der Waals surface area contributed by atoms with Crippen LogP contribution in [0.2, 0.25) is 5.02 Å². The van der Waals surface area contributed by atoms with E-state index in [1.165, 1.54) is 12.1 Å². The summed E-state index contributed by atoms with van der Waals surface area (Å²) in [6, 6.07) is 4.53. The highest BCUT2D eigenvalue weighted by molar-refractivity contribution is 6.31. The fourth-order valence-electron chi connectivity index (χ4n) is 3.90. The lowest BCUT2D eigenvalue weighted by molar-refractivity contribution is -0.138. The molecule has 2 aliphatic rings. The zero-order chi connectivity index (χ0) is 17.1. The van der Waals surface area contributed by atoms with Crippen LogP contribution in [0.3, 0.4) is 0 Å². The van der Waals surface area contributed by atoms with Crippen molar-refractivity contribution in [3.05, 3.63) is 34.6 Å². The van der Waals surface area contributed by atoms with Crippen LogP contribution in [0.5, 0.6) is 0 Å². The van der Waals surface area contributed by atoms with Gasteiger partial charge in [0.25, 0.3) is 0 Å². The van der Waals surface area contributed by atoms with E-state index in [0.717, 1.165) is 51.0 Å². The Morgan fingerprint density at radius 1 is 1.25 bits per heavy atom. The Balaban J connectivity index is 1.53. The molecule has 3 rings (SSSR count). The Bertz CT molecular complexity index is 590. The summed E-state index contributed by atoms with van der Waals surface area (Å²) in [6.07, 6.45) is 3.17. The summed E-state index contributed by atoms with van der Waals surface area (Å²) in [5.41, 5.74) is 6.73. The molecule has 132 valence electrons. The van der Waals surface area contributed by atoms with Gasteiger partial charge in [-0.15, -0.1) is 0 Å². The second-order valence-corrected chi connectivity index (χ2v) is 7.28. The van der Waals surface area contributed by atoms with Gasteiger partial charge in [-0.25, -0.2) is 4.39 Å². The van der Waals surface area contributed by atoms with Crippen LogP contribution in [0.15, 0.2) is 18.2 Å². The number of carbonyl (C=O) groups excluding carboxylic acids is 1. The number of halogens is 2. The van der Waals surface area contributed by atoms with E-state index in [4.69, 9.17) is 17.3 Å². The predicted molar refractivity (Wildman–Crippen MR) is 93.2 cm³/mol. The zero-order valence-electron chi connectivity index (χ0n) is 13.9. The van der Waals surface area contributed by atoms with Gasteiger partial charge in [-0.1, -0.05) is 24.1 Å². The number of hydrogen-bond donors (Lipinski definition) is 1. The molecule has 0 aromatic heterocycles. The molecule has 0 radical (unpaired) electrons. The number of hydrogen-bond acceptors (Lipinski definition) is 3. The normalized spacial score (nSPS) is 25.2. The largest absolute Gasteiger partial charge is 0.340 e. The summed E-state index contributed by atoms with van der Waals surface area (Å²) in [4.78, 5) is 17.0. The van der Waals surface area contributed by atoms with E-state index in [-0.39, 0.29) is 17.6 Å². The van der Waals surface area contributed by atoms with Crippen LogP contribution < -0.4 is 5.73 Å². The maximum atomic E-state index is 13.1. The van der Waals surface area contributed by atoms with Crippen molar-refractivity contribution in [1.29, 1.82) is 0 Å². The first-order chi connectivity index (χ1) is 11.6. The van der Waals surface area contributed by atoms with Crippen LogP contribution in [0.1, 0.15) is 24.8 Å². The minimum atomic E-state index is -0.315. The van der Waals surface area contributed by atoms with Crippen LogP contribution in [0.4, 0.5) is 4.39 Å². The summed E-state index contributed by atoms with van der Waals surface area (Å²) in [5.74, 6) is 0.439. The number of piperazine rings is 1. The lowest BCUT2D eigenvalue weighted by atomic mass is 9.94. The molecule has 1 aromatic carbocycles. The van der Waals surface area contributed by atoms with E-state index in [1.807, 2.05) is 4.90 Å². The van der Waals surface area contributed by atoms with Crippen molar-refractivity contribution in [3.8, 4) is 0 Å². The van der Waals surface area contributed by atoms with Crippen LogP contribution in [0.25, 0.3) is 0 Å². The molecule has 0 spiro atoms. The third-order valence-electron chi connectivity index (χ3n) is 5.37. The molecule has 24 heavy (non-hydrogen) atoms. The molecule has 2 atom stereocenters. The van der Waals surface area contributed by atoms with Crippen molar-refractivity contribution in [3.63, 3.8) is 0 Å². The molecule has 1 saturated carbocycles. The number of nitrogens with zero attached hydrogens (tertiary/aromatic N) is 2. The van der Waals surface area contributed by atoms with Gasteiger partial charge in [0.2, 0.25) is 5.91 Å². The van der Waals surface area contributed by atoms with Gasteiger partial charge in [0.15, 0.2) is 0 Å². The summed E-state index contributed by atoms with van der Waals surface area (Å²) >= 11 is 6.10. The second-order valence-electron chi connectivity index (χ2n) is 6.87. The number of carbonyl (C=O) groups is 1. The molecule has 4 nitrogen and oxygen atoms in total. The third-order valence-corrected chi connectivity index (χ3v) is 5.72. The van der Waals surface area contributed by atoms with E-state index in [9.17, 15) is 9.18 Å². The van der Waals surface area contributed by atoms with E-state index < -0.39 is 0 Å². The molecule has 1 aromatic rings. The minimum Gasteiger partial charge on any atom is -0.340 e. The fourth-order valence-corrected chi connectivity index (χ4v) is 4.12. The highest BCUT2D eigenvalue weighted by atomic mass is 35.5. The van der Waals surface area contributed by atoms with Gasteiger partial charge in [-0.2, -0.15) is 0 Å². The molecule has 2 fully saturated rings. The Morgan fingerprint density at radius 3 is 2.67 bits per heavy atom. The van der Waals surface area contributed by atoms with Crippen molar-refractivity contribution in [2.24, 2.45) is 17.6 Å². The lowest BCUT2D eigenvalue weighted by Crippen LogP contribution is -2.50. The van der Waals surface area contributed by atoms with Gasteiger partial charge in [0.1, 0.15) is 5.82 Å². The van der Waals surface area contributed by atoms with Gasteiger partial charge in [-0.3, -0.25) is 9.69 Å². The highest BCUT2D eigenvalue weighted by Crippen LogP contribution is 2.32. The molecule has 0 bridgehead atoms. The Hall–Kier alpha value is -1.17. The standard InChI is InChI=1S/C18H25ClFN3O/c19-17-10-15(20)5-4-14(17)12-22-6-8-23(9-7-22)18(24)16-3-1-2-13(16)11-21/h4-5,10,13,16H,1-3,6-9,11-12,21H2/t13-,16-/m1/s1. The molecule has 0 unspecified atom stereocenters. The van der Waals surface area contributed by atoms with Crippen LogP contribution >= 0.6 is 11.6 Å². The van der Waals surface area contributed by atoms with Crippen LogP contribution in [-0.2, 0) is 11.3 Å². The van der Waals surface area contributed by atoms with Gasteiger partial charge >= 0.3 is 0 Å². The number of benzene rings is 1. The van der Waals surface area contributed by atoms with Crippen LogP contribution in [-0.4, -0.2) is 48.4 Å². The van der Waals surface area contributed by atoms with Crippen LogP contribution in [0, 0.1) is 17.7 Å². The Kier molecular flexibility index (Phi) is 5.74. The van der Waals surface area contributed by atoms with Gasteiger partial charge in [0, 0.05) is 43.7 Å². The topological polar surface area (TPSA) is 49.6 Å². The second kappa shape index (κ2) is 7.81. The zero-order valence-corrected chi connectivity index (χ0v) is 14.6. The molecule has 1 aliphatic heterocycles. The van der Waals surface area contributed by atoms with Crippen molar-refractivity contribution in [2.45, 2.75) is 25.8 Å². The first kappa shape index (κ1) is 17.6. The molecule has 1 amide bonds. The first-order valence-electron chi connectivity index (χ1n) is 8.73. The molecule has 1 aliphatic carbocycles. The number of amides is 1. The Morgan fingerprint density at radius 2 is 2.00 bits per heavy atom. The predicted octanol–water partition coefficient (Wildman–Crippen LogP) is 2.50. The Labute approximate surface area is 147 Å². The van der Waals surface area contributed by atoms with E-state index >= 15 is 0 Å². The van der Waals surface area contributed by atoms with Gasteiger partial charge in [0.05, 0.1) is 0 Å². The summed E-state index contributed by atoms with van der Waals surface area (Å²) in [6.45, 7) is 4.42. The summed E-state index contributed by atoms with van der Waals surface area (Å²) in [5, 5.41) is 0.463. The summed E-state index contributed by atoms with van der Waals surface area (Å²) in [7, 11) is 0. The van der Waals surface area contributed by atoms with Gasteiger partial charge < -0.3 is 10.6 Å². The van der Waals surface area contributed by atoms with E-state index in [1.54, 1.807) is 6.07 Å². The highest BCUT2D eigenvalue weighted by Gasteiger charge is 2.35. The molecule has 1 saturated heterocycles. The SMILES string of the molecule is NC[C@H]1CCC[C@H]1C(=O)N1CCN(Cc2ccc(F)cc2Cl)CC1. The molecule has 2 N–H and O–H groups in total. The molecular weight excluding hydrogens is 329 g/mol.